The van der Waals surface area contributed by atoms with Crippen molar-refractivity contribution in [2.24, 2.45) is 35.5 Å². The van der Waals surface area contributed by atoms with E-state index in [4.69, 9.17) is 0 Å². The number of carbonyl (C=O) groups excluding carboxylic acids is 2. The van der Waals surface area contributed by atoms with Crippen molar-refractivity contribution in [3.63, 3.8) is 0 Å². The zero-order valence-electron chi connectivity index (χ0n) is 16.7. The third-order valence-electron chi connectivity index (χ3n) is 7.75. The van der Waals surface area contributed by atoms with Gasteiger partial charge in [0.1, 0.15) is 0 Å². The first-order valence-corrected chi connectivity index (χ1v) is 11.0. The van der Waals surface area contributed by atoms with Crippen LogP contribution in [0.2, 0.25) is 0 Å². The molecule has 0 aromatic rings. The van der Waals surface area contributed by atoms with Crippen LogP contribution in [0.1, 0.15) is 89.9 Å². The summed E-state index contributed by atoms with van der Waals surface area (Å²) in [4.78, 5) is 21.8. The van der Waals surface area contributed by atoms with Crippen molar-refractivity contribution >= 4 is 60.8 Å². The fourth-order valence-corrected chi connectivity index (χ4v) is 6.46. The van der Waals surface area contributed by atoms with E-state index in [0.29, 0.717) is 23.7 Å². The summed E-state index contributed by atoms with van der Waals surface area (Å²) in [6.07, 6.45) is 16.3. The van der Waals surface area contributed by atoms with Crippen LogP contribution in [-0.2, 0) is 9.59 Å². The molecule has 6 unspecified atom stereocenters. The molecule has 4 aliphatic rings. The molecule has 5 heteroatoms. The van der Waals surface area contributed by atoms with Crippen molar-refractivity contribution in [3.05, 3.63) is 0 Å². The molecule has 0 N–H and O–H groups in total. The van der Waals surface area contributed by atoms with Crippen LogP contribution < -0.4 is 10.2 Å². The zero-order valence-corrected chi connectivity index (χ0v) is 21.1. The molecule has 4 nitrogen and oxygen atoms in total. The molecule has 4 rings (SSSR count). The third-order valence-corrected chi connectivity index (χ3v) is 7.75. The molecular formula is C22H34BaO4. The molecule has 4 fully saturated rings. The molecule has 6 atom stereocenters. The molecule has 0 saturated heterocycles. The molecule has 0 heterocycles. The van der Waals surface area contributed by atoms with E-state index in [1.165, 1.54) is 51.4 Å². The van der Waals surface area contributed by atoms with Crippen molar-refractivity contribution in [1.82, 2.24) is 0 Å². The summed E-state index contributed by atoms with van der Waals surface area (Å²) in [6, 6.07) is 0. The van der Waals surface area contributed by atoms with Gasteiger partial charge >= 0.3 is 48.9 Å². The van der Waals surface area contributed by atoms with Crippen LogP contribution in [0, 0.1) is 35.5 Å². The number of carboxylic acids is 2. The summed E-state index contributed by atoms with van der Waals surface area (Å²) in [6.45, 7) is 0. The van der Waals surface area contributed by atoms with E-state index < -0.39 is 11.9 Å². The van der Waals surface area contributed by atoms with Gasteiger partial charge in [-0.25, -0.2) is 0 Å². The second kappa shape index (κ2) is 11.6. The molecule has 4 saturated carbocycles. The van der Waals surface area contributed by atoms with Gasteiger partial charge in [-0.2, -0.15) is 0 Å². The fourth-order valence-electron chi connectivity index (χ4n) is 6.46. The van der Waals surface area contributed by atoms with Crippen molar-refractivity contribution in [1.29, 1.82) is 0 Å². The predicted octanol–water partition coefficient (Wildman–Crippen LogP) is 2.30. The Balaban J connectivity index is 0.000000187. The average Bonchev–Trinajstić information content (AvgIpc) is 2.67. The molecule has 0 aromatic heterocycles. The molecule has 0 aliphatic heterocycles. The van der Waals surface area contributed by atoms with Crippen LogP contribution in [0.3, 0.4) is 0 Å². The van der Waals surface area contributed by atoms with Crippen LogP contribution in [-0.4, -0.2) is 60.8 Å². The van der Waals surface area contributed by atoms with Crippen LogP contribution in [0.5, 0.6) is 0 Å². The van der Waals surface area contributed by atoms with E-state index >= 15 is 0 Å². The van der Waals surface area contributed by atoms with Crippen LogP contribution in [0.15, 0.2) is 0 Å². The van der Waals surface area contributed by atoms with E-state index in [-0.39, 0.29) is 60.7 Å². The summed E-state index contributed by atoms with van der Waals surface area (Å²) >= 11 is 0. The Morgan fingerprint density at radius 1 is 0.519 bits per heavy atom. The Morgan fingerprint density at radius 2 is 0.852 bits per heavy atom. The Bertz CT molecular complexity index is 447. The minimum absolute atomic E-state index is 0. The van der Waals surface area contributed by atoms with E-state index in [2.05, 4.69) is 0 Å². The minimum atomic E-state index is -0.795. The summed E-state index contributed by atoms with van der Waals surface area (Å²) < 4.78 is 0. The zero-order chi connectivity index (χ0) is 18.5. The van der Waals surface area contributed by atoms with Crippen LogP contribution in [0.25, 0.3) is 0 Å². The van der Waals surface area contributed by atoms with Gasteiger partial charge in [0.25, 0.3) is 0 Å². The van der Waals surface area contributed by atoms with E-state index in [0.717, 1.165) is 38.5 Å². The van der Waals surface area contributed by atoms with Gasteiger partial charge in [-0.3, -0.25) is 0 Å². The molecule has 0 amide bonds. The second-order valence-corrected chi connectivity index (χ2v) is 9.13. The number of hydrogen-bond acceptors (Lipinski definition) is 4. The first-order chi connectivity index (χ1) is 12.6. The molecule has 0 bridgehead atoms. The molecule has 0 radical (unpaired) electrons. The van der Waals surface area contributed by atoms with Crippen molar-refractivity contribution < 1.29 is 19.8 Å². The quantitative estimate of drug-likeness (QED) is 0.546. The Labute approximate surface area is 204 Å². The molecule has 148 valence electrons. The van der Waals surface area contributed by atoms with Gasteiger partial charge in [0.05, 0.1) is 0 Å². The Hall–Kier alpha value is 0.511. The maximum atomic E-state index is 10.9. The van der Waals surface area contributed by atoms with Gasteiger partial charge in [-0.1, -0.05) is 64.2 Å². The smallest absolute Gasteiger partial charge is 0.550 e. The van der Waals surface area contributed by atoms with Crippen LogP contribution in [0.4, 0.5) is 0 Å². The standard InChI is InChI=1S/2C11H18O2.Ba/c2*12-11(13)10-7-3-5-8-4-1-2-6-9(8)10;/h2*8-10H,1-7H2,(H,12,13);/q;;+2/p-2. The first-order valence-electron chi connectivity index (χ1n) is 11.0. The van der Waals surface area contributed by atoms with Gasteiger partial charge in [-0.15, -0.1) is 0 Å². The van der Waals surface area contributed by atoms with Crippen molar-refractivity contribution in [3.8, 4) is 0 Å². The van der Waals surface area contributed by atoms with Gasteiger partial charge in [0, 0.05) is 23.8 Å². The van der Waals surface area contributed by atoms with Gasteiger partial charge in [0.2, 0.25) is 0 Å². The number of aliphatic carboxylic acids is 2. The molecule has 4 aliphatic carbocycles. The second-order valence-electron chi connectivity index (χ2n) is 9.13. The fraction of sp³-hybridized carbons (Fsp3) is 0.909. The maximum Gasteiger partial charge on any atom is 2.00 e. The summed E-state index contributed by atoms with van der Waals surface area (Å²) in [5.74, 6) is 0.460. The minimum Gasteiger partial charge on any atom is -0.550 e. The predicted molar refractivity (Wildman–Crippen MR) is 101 cm³/mol. The van der Waals surface area contributed by atoms with Crippen molar-refractivity contribution in [2.75, 3.05) is 0 Å². The van der Waals surface area contributed by atoms with E-state index in [1.807, 2.05) is 0 Å². The van der Waals surface area contributed by atoms with Gasteiger partial charge in [0.15, 0.2) is 0 Å². The monoisotopic (exact) mass is 500 g/mol. The SMILES string of the molecule is O=C([O-])C1CCCC2CCCCC21.O=C([O-])C1CCCC2CCCCC21.[Ba+2]. The normalized spacial score (nSPS) is 38.1. The van der Waals surface area contributed by atoms with E-state index in [1.54, 1.807) is 0 Å². The van der Waals surface area contributed by atoms with Crippen LogP contribution >= 0.6 is 0 Å². The molecule has 0 aromatic carbocycles. The number of rotatable bonds is 2. The molecular weight excluding hydrogens is 466 g/mol. The first kappa shape index (κ1) is 23.8. The summed E-state index contributed by atoms with van der Waals surface area (Å²) in [5, 5.41) is 21.8. The third kappa shape index (κ3) is 6.24. The largest absolute Gasteiger partial charge is 2.00 e. The topological polar surface area (TPSA) is 80.3 Å². The number of fused-ring (bicyclic) bond motifs is 2. The number of carbonyl (C=O) groups is 2. The maximum absolute atomic E-state index is 10.9. The summed E-state index contributed by atoms with van der Waals surface area (Å²) in [7, 11) is 0. The molecule has 27 heavy (non-hydrogen) atoms. The van der Waals surface area contributed by atoms with Gasteiger partial charge < -0.3 is 19.8 Å². The Morgan fingerprint density at radius 3 is 1.22 bits per heavy atom. The number of hydrogen-bond donors (Lipinski definition) is 0. The van der Waals surface area contributed by atoms with Gasteiger partial charge in [-0.05, 0) is 49.4 Å². The summed E-state index contributed by atoms with van der Waals surface area (Å²) in [5.41, 5.74) is 0. The molecule has 0 spiro atoms. The number of carboxylic acid groups (broad SMARTS) is 2. The van der Waals surface area contributed by atoms with E-state index in [9.17, 15) is 19.8 Å². The van der Waals surface area contributed by atoms with Crippen molar-refractivity contribution in [2.45, 2.75) is 89.9 Å². The average molecular weight is 500 g/mol. The Kier molecular flexibility index (Phi) is 10.2.